The number of nitrogens with zero attached hydrogens (tertiary/aromatic N) is 1. The minimum Gasteiger partial charge on any atom is -0.408 e. The van der Waals surface area contributed by atoms with Gasteiger partial charge in [-0.15, -0.1) is 0 Å². The zero-order valence-corrected chi connectivity index (χ0v) is 20.1. The highest BCUT2D eigenvalue weighted by molar-refractivity contribution is 5.78. The lowest BCUT2D eigenvalue weighted by Gasteiger charge is -2.62. The fraction of sp³-hybridized carbons (Fsp3) is 0.500. The van der Waals surface area contributed by atoms with Gasteiger partial charge in [-0.3, -0.25) is 9.88 Å². The number of hydrogen-bond donors (Lipinski definition) is 3. The van der Waals surface area contributed by atoms with Crippen molar-refractivity contribution in [2.45, 2.75) is 68.9 Å². The van der Waals surface area contributed by atoms with Crippen LogP contribution in [0.5, 0.6) is 0 Å². The topological polar surface area (TPSA) is 101 Å². The quantitative estimate of drug-likeness (QED) is 0.444. The maximum Gasteiger partial charge on any atom is 0.417 e. The van der Waals surface area contributed by atoms with Gasteiger partial charge in [0.15, 0.2) is 5.58 Å². The van der Waals surface area contributed by atoms with Crippen molar-refractivity contribution < 1.29 is 26.4 Å². The molecule has 0 radical (unpaired) electrons. The summed E-state index contributed by atoms with van der Waals surface area (Å²) in [5.41, 5.74) is 12.6. The molecule has 6 nitrogen and oxygen atoms in total. The van der Waals surface area contributed by atoms with Crippen molar-refractivity contribution in [1.82, 2.24) is 9.88 Å². The van der Waals surface area contributed by atoms with E-state index in [0.29, 0.717) is 23.9 Å². The summed E-state index contributed by atoms with van der Waals surface area (Å²) in [6, 6.07) is 3.26. The summed E-state index contributed by atoms with van der Waals surface area (Å²) in [4.78, 5) is 15.4. The van der Waals surface area contributed by atoms with Gasteiger partial charge < -0.3 is 15.9 Å². The zero-order chi connectivity index (χ0) is 26.5. The Hall–Kier alpha value is -2.76. The molecule has 3 aliphatic rings. The van der Waals surface area contributed by atoms with Crippen molar-refractivity contribution in [1.29, 1.82) is 0 Å². The lowest BCUT2D eigenvalue weighted by atomic mass is 9.46. The summed E-state index contributed by atoms with van der Waals surface area (Å²) in [5, 5.41) is 0. The number of aromatic nitrogens is 1. The van der Waals surface area contributed by atoms with Gasteiger partial charge in [-0.2, -0.15) is 13.2 Å². The maximum atomic E-state index is 15.8. The molecular weight excluding hydrogens is 495 g/mol. The molecule has 0 amide bonds. The van der Waals surface area contributed by atoms with Crippen LogP contribution in [0.15, 0.2) is 33.5 Å². The number of rotatable bonds is 3. The van der Waals surface area contributed by atoms with Gasteiger partial charge >= 0.3 is 11.9 Å². The first kappa shape index (κ1) is 24.6. The average molecular weight is 523 g/mol. The Labute approximate surface area is 208 Å². The van der Waals surface area contributed by atoms with Crippen molar-refractivity contribution in [2.24, 2.45) is 16.9 Å². The van der Waals surface area contributed by atoms with Gasteiger partial charge in [0.05, 0.1) is 18.1 Å². The SMILES string of the molecule is C[C@@H]1Cc2c(ccc3[nH]c(=O)oc23)[C@@H](c2c(F)cc(C3(N)CC4(CC(N)C4)C3)cc2F)N1CC(F)(F)F. The summed E-state index contributed by atoms with van der Waals surface area (Å²) in [6.45, 7) is 0.194. The fourth-order valence-corrected chi connectivity index (χ4v) is 7.14. The highest BCUT2D eigenvalue weighted by Gasteiger charge is 2.58. The third-order valence-electron chi connectivity index (χ3n) is 8.48. The van der Waals surface area contributed by atoms with E-state index < -0.39 is 53.3 Å². The number of aromatic amines is 1. The van der Waals surface area contributed by atoms with E-state index in [2.05, 4.69) is 4.98 Å². The van der Waals surface area contributed by atoms with Gasteiger partial charge in [0.1, 0.15) is 11.6 Å². The lowest BCUT2D eigenvalue weighted by Crippen LogP contribution is -2.63. The van der Waals surface area contributed by atoms with Crippen LogP contribution in [0, 0.1) is 17.0 Å². The van der Waals surface area contributed by atoms with Crippen molar-refractivity contribution in [3.63, 3.8) is 0 Å². The average Bonchev–Trinajstić information content (AvgIpc) is 3.13. The van der Waals surface area contributed by atoms with Crippen LogP contribution in [0.4, 0.5) is 22.0 Å². The number of halogens is 5. The smallest absolute Gasteiger partial charge is 0.408 e. The van der Waals surface area contributed by atoms with Crippen molar-refractivity contribution in [3.05, 3.63) is 68.7 Å². The Kier molecular flexibility index (Phi) is 5.23. The Morgan fingerprint density at radius 2 is 1.81 bits per heavy atom. The summed E-state index contributed by atoms with van der Waals surface area (Å²) >= 11 is 0. The van der Waals surface area contributed by atoms with Crippen LogP contribution in [-0.4, -0.2) is 34.7 Å². The molecule has 1 aliphatic heterocycles. The first-order chi connectivity index (χ1) is 17.3. The molecule has 0 bridgehead atoms. The molecule has 2 atom stereocenters. The number of hydrogen-bond acceptors (Lipinski definition) is 5. The molecular formula is C26H27F5N4O2. The number of nitrogens with two attached hydrogens (primary N) is 2. The minimum atomic E-state index is -4.60. The largest absolute Gasteiger partial charge is 0.417 e. The van der Waals surface area contributed by atoms with Crippen LogP contribution in [0.1, 0.15) is 60.9 Å². The van der Waals surface area contributed by atoms with Crippen molar-refractivity contribution in [3.8, 4) is 0 Å². The molecule has 0 unspecified atom stereocenters. The van der Waals surface area contributed by atoms with Crippen molar-refractivity contribution >= 4 is 11.1 Å². The van der Waals surface area contributed by atoms with Crippen LogP contribution >= 0.6 is 0 Å². The number of H-pyrrole nitrogens is 1. The Bertz CT molecular complexity index is 1420. The lowest BCUT2D eigenvalue weighted by molar-refractivity contribution is -0.155. The van der Waals surface area contributed by atoms with E-state index in [1.807, 2.05) is 0 Å². The van der Waals surface area contributed by atoms with Gasteiger partial charge in [0.25, 0.3) is 0 Å². The molecule has 1 aromatic heterocycles. The van der Waals surface area contributed by atoms with Gasteiger partial charge in [0, 0.05) is 28.7 Å². The van der Waals surface area contributed by atoms with Gasteiger partial charge in [0.2, 0.25) is 0 Å². The summed E-state index contributed by atoms with van der Waals surface area (Å²) in [7, 11) is 0. The summed E-state index contributed by atoms with van der Waals surface area (Å²) in [6.07, 6.45) is -1.74. The number of nitrogens with one attached hydrogen (secondary N) is 1. The molecule has 0 saturated heterocycles. The van der Waals surface area contributed by atoms with Crippen molar-refractivity contribution in [2.75, 3.05) is 6.54 Å². The molecule has 2 aromatic carbocycles. The number of benzene rings is 2. The van der Waals surface area contributed by atoms with E-state index in [4.69, 9.17) is 15.9 Å². The molecule has 6 rings (SSSR count). The first-order valence-corrected chi connectivity index (χ1v) is 12.3. The first-order valence-electron chi connectivity index (χ1n) is 12.3. The predicted octanol–water partition coefficient (Wildman–Crippen LogP) is 4.35. The predicted molar refractivity (Wildman–Crippen MR) is 126 cm³/mol. The Morgan fingerprint density at radius 3 is 2.41 bits per heavy atom. The Morgan fingerprint density at radius 1 is 1.16 bits per heavy atom. The number of alkyl halides is 3. The molecule has 2 heterocycles. The molecule has 2 saturated carbocycles. The molecule has 2 aliphatic carbocycles. The van der Waals surface area contributed by atoms with Crippen LogP contribution < -0.4 is 17.2 Å². The van der Waals surface area contributed by atoms with Crippen LogP contribution in [0.3, 0.4) is 0 Å². The molecule has 5 N–H and O–H groups in total. The van der Waals surface area contributed by atoms with E-state index >= 15 is 8.78 Å². The monoisotopic (exact) mass is 522 g/mol. The van der Waals surface area contributed by atoms with Crippen LogP contribution in [0.2, 0.25) is 0 Å². The fourth-order valence-electron chi connectivity index (χ4n) is 7.14. The van der Waals surface area contributed by atoms with E-state index in [-0.39, 0.29) is 34.6 Å². The standard InChI is InChI=1S/C26H27F5N4O2/c1-12-4-16-15(2-3-19-22(16)37-23(36)34-19)21(35(12)11-26(29,30)31)20-17(27)5-13(6-18(20)28)25(33)9-24(10-25)7-14(32)8-24/h2-3,5-6,12,14,21H,4,7-11,32-33H2,1H3,(H,34,36)/t12-,14?,21+,24?,25?/m1/s1. The van der Waals surface area contributed by atoms with Gasteiger partial charge in [-0.25, -0.2) is 13.6 Å². The normalized spacial score (nSPS) is 31.8. The van der Waals surface area contributed by atoms with Gasteiger partial charge in [-0.1, -0.05) is 6.07 Å². The highest BCUT2D eigenvalue weighted by Crippen LogP contribution is 2.62. The molecule has 3 aromatic rings. The summed E-state index contributed by atoms with van der Waals surface area (Å²) < 4.78 is 77.7. The van der Waals surface area contributed by atoms with Crippen LogP contribution in [-0.2, 0) is 12.0 Å². The third-order valence-corrected chi connectivity index (χ3v) is 8.48. The third kappa shape index (κ3) is 3.90. The van der Waals surface area contributed by atoms with E-state index in [9.17, 15) is 18.0 Å². The van der Waals surface area contributed by atoms with E-state index in [0.717, 1.165) is 29.9 Å². The molecule has 2 fully saturated rings. The second-order valence-electron chi connectivity index (χ2n) is 11.3. The van der Waals surface area contributed by atoms with Gasteiger partial charge in [-0.05, 0) is 73.8 Å². The zero-order valence-electron chi connectivity index (χ0n) is 20.1. The van der Waals surface area contributed by atoms with E-state index in [1.165, 1.54) is 12.1 Å². The number of fused-ring (bicyclic) bond motifs is 3. The second-order valence-corrected chi connectivity index (χ2v) is 11.3. The molecule has 1 spiro atoms. The summed E-state index contributed by atoms with van der Waals surface area (Å²) in [5.74, 6) is -2.64. The second kappa shape index (κ2) is 7.87. The highest BCUT2D eigenvalue weighted by atomic mass is 19.4. The molecule has 37 heavy (non-hydrogen) atoms. The number of oxazole rings is 1. The van der Waals surface area contributed by atoms with E-state index in [1.54, 1.807) is 6.92 Å². The maximum absolute atomic E-state index is 15.8. The minimum absolute atomic E-state index is 0.00683. The Balaban J connectivity index is 1.46. The van der Waals surface area contributed by atoms with Crippen LogP contribution in [0.25, 0.3) is 11.1 Å². The molecule has 11 heteroatoms. The molecule has 198 valence electrons.